The molecule has 2 aliphatic heterocycles. The zero-order valence-corrected chi connectivity index (χ0v) is 13.7. The molecule has 3 atom stereocenters. The van der Waals surface area contributed by atoms with Gasteiger partial charge in [0.2, 0.25) is 10.0 Å². The van der Waals surface area contributed by atoms with E-state index in [1.54, 1.807) is 4.90 Å². The molecule has 23 heavy (non-hydrogen) atoms. The van der Waals surface area contributed by atoms with Crippen molar-refractivity contribution >= 4 is 15.9 Å². The van der Waals surface area contributed by atoms with Gasteiger partial charge in [0.05, 0.1) is 25.2 Å². The van der Waals surface area contributed by atoms with Crippen molar-refractivity contribution in [3.63, 3.8) is 0 Å². The lowest BCUT2D eigenvalue weighted by atomic mass is 9.84. The van der Waals surface area contributed by atoms with Gasteiger partial charge in [-0.3, -0.25) is 9.78 Å². The third-order valence-corrected chi connectivity index (χ3v) is 5.12. The predicted octanol–water partition coefficient (Wildman–Crippen LogP) is -0.497. The maximum atomic E-state index is 12.5. The molecule has 0 saturated carbocycles. The minimum atomic E-state index is -3.25. The van der Waals surface area contributed by atoms with Gasteiger partial charge in [-0.1, -0.05) is 0 Å². The number of ether oxygens (including phenoxy) is 1. The summed E-state index contributed by atoms with van der Waals surface area (Å²) in [6.45, 7) is 2.07. The van der Waals surface area contributed by atoms with Crippen LogP contribution in [0.15, 0.2) is 18.6 Å². The molecule has 9 heteroatoms. The highest BCUT2D eigenvalue weighted by atomic mass is 32.2. The van der Waals surface area contributed by atoms with Gasteiger partial charge in [0.25, 0.3) is 5.91 Å². The lowest BCUT2D eigenvalue weighted by Crippen LogP contribution is -2.47. The van der Waals surface area contributed by atoms with Crippen molar-refractivity contribution in [2.75, 3.05) is 32.5 Å². The minimum Gasteiger partial charge on any atom is -0.376 e. The van der Waals surface area contributed by atoms with Crippen LogP contribution in [-0.2, 0) is 14.8 Å². The second-order valence-corrected chi connectivity index (χ2v) is 7.88. The molecule has 0 aromatic carbocycles. The maximum absolute atomic E-state index is 12.5. The van der Waals surface area contributed by atoms with Crippen LogP contribution in [0.2, 0.25) is 0 Å². The average Bonchev–Trinajstić information content (AvgIpc) is 2.94. The first-order chi connectivity index (χ1) is 10.9. The van der Waals surface area contributed by atoms with E-state index in [-0.39, 0.29) is 24.5 Å². The van der Waals surface area contributed by atoms with E-state index in [2.05, 4.69) is 14.7 Å². The number of carbonyl (C=O) groups is 1. The normalized spacial score (nSPS) is 27.7. The molecule has 1 N–H and O–H groups in total. The fourth-order valence-electron chi connectivity index (χ4n) is 3.23. The number of likely N-dealkylation sites (tertiary alicyclic amines) is 1. The molecular formula is C14H20N4O4S. The number of fused-ring (bicyclic) bond motifs is 1. The second-order valence-electron chi connectivity index (χ2n) is 6.05. The molecule has 2 saturated heterocycles. The number of hydrogen-bond donors (Lipinski definition) is 1. The second kappa shape index (κ2) is 6.50. The van der Waals surface area contributed by atoms with E-state index in [0.29, 0.717) is 31.3 Å². The zero-order chi connectivity index (χ0) is 16.4. The monoisotopic (exact) mass is 340 g/mol. The number of nitrogens with one attached hydrogen (secondary N) is 1. The highest BCUT2D eigenvalue weighted by Gasteiger charge is 2.42. The number of sulfonamides is 1. The highest BCUT2D eigenvalue weighted by molar-refractivity contribution is 7.88. The Morgan fingerprint density at radius 1 is 1.48 bits per heavy atom. The molecule has 2 aliphatic rings. The first kappa shape index (κ1) is 16.3. The first-order valence-electron chi connectivity index (χ1n) is 7.55. The number of nitrogens with zero attached hydrogens (tertiary/aromatic N) is 3. The average molecular weight is 340 g/mol. The number of rotatable bonds is 4. The first-order valence-corrected chi connectivity index (χ1v) is 9.45. The van der Waals surface area contributed by atoms with E-state index >= 15 is 0 Å². The summed E-state index contributed by atoms with van der Waals surface area (Å²) in [5.41, 5.74) is 0.329. The largest absolute Gasteiger partial charge is 0.376 e. The Hall–Kier alpha value is -1.58. The molecule has 2 fully saturated rings. The SMILES string of the molecule is CS(=O)(=O)NC[C@@H]1OC[C@H]2CCN(C(=O)c3cnccn3)C[C@H]21. The van der Waals surface area contributed by atoms with Crippen molar-refractivity contribution in [2.45, 2.75) is 12.5 Å². The molecule has 1 aromatic heterocycles. The zero-order valence-electron chi connectivity index (χ0n) is 12.9. The fourth-order valence-corrected chi connectivity index (χ4v) is 3.70. The minimum absolute atomic E-state index is 0.138. The summed E-state index contributed by atoms with van der Waals surface area (Å²) in [7, 11) is -3.25. The summed E-state index contributed by atoms with van der Waals surface area (Å²) < 4.78 is 30.7. The Labute approximate surface area is 135 Å². The number of amides is 1. The summed E-state index contributed by atoms with van der Waals surface area (Å²) in [6.07, 6.45) is 6.27. The van der Waals surface area contributed by atoms with Gasteiger partial charge in [-0.2, -0.15) is 0 Å². The van der Waals surface area contributed by atoms with Crippen LogP contribution in [0.5, 0.6) is 0 Å². The van der Waals surface area contributed by atoms with Crippen molar-refractivity contribution < 1.29 is 17.9 Å². The van der Waals surface area contributed by atoms with Crippen LogP contribution < -0.4 is 4.72 Å². The van der Waals surface area contributed by atoms with Gasteiger partial charge in [0.1, 0.15) is 5.69 Å². The van der Waals surface area contributed by atoms with Gasteiger partial charge in [0, 0.05) is 37.9 Å². The van der Waals surface area contributed by atoms with Gasteiger partial charge < -0.3 is 9.64 Å². The topological polar surface area (TPSA) is 101 Å². The van der Waals surface area contributed by atoms with E-state index < -0.39 is 10.0 Å². The third-order valence-electron chi connectivity index (χ3n) is 4.42. The van der Waals surface area contributed by atoms with Crippen LogP contribution in [0.3, 0.4) is 0 Å². The van der Waals surface area contributed by atoms with Crippen molar-refractivity contribution in [1.29, 1.82) is 0 Å². The molecule has 1 aromatic rings. The molecule has 0 radical (unpaired) electrons. The Balaban J connectivity index is 1.66. The van der Waals surface area contributed by atoms with Crippen molar-refractivity contribution in [3.05, 3.63) is 24.3 Å². The van der Waals surface area contributed by atoms with Crippen molar-refractivity contribution in [3.8, 4) is 0 Å². The molecule has 0 spiro atoms. The molecule has 0 unspecified atom stereocenters. The standard InChI is InChI=1S/C14H20N4O4S/c1-23(20,21)17-7-13-11-8-18(5-2-10(11)9-22-13)14(19)12-6-15-3-4-16-12/h3-4,6,10-11,13,17H,2,5,7-9H2,1H3/t10-,11-,13+/m1/s1. The number of piperidine rings is 1. The molecule has 3 rings (SSSR count). The highest BCUT2D eigenvalue weighted by Crippen LogP contribution is 2.34. The number of carbonyl (C=O) groups excluding carboxylic acids is 1. The van der Waals surface area contributed by atoms with Gasteiger partial charge in [-0.25, -0.2) is 18.1 Å². The van der Waals surface area contributed by atoms with E-state index in [4.69, 9.17) is 4.74 Å². The molecule has 0 bridgehead atoms. The Morgan fingerprint density at radius 2 is 2.30 bits per heavy atom. The predicted molar refractivity (Wildman–Crippen MR) is 82.1 cm³/mol. The Bertz CT molecular complexity index is 667. The smallest absolute Gasteiger partial charge is 0.274 e. The molecule has 126 valence electrons. The summed E-state index contributed by atoms with van der Waals surface area (Å²) in [4.78, 5) is 22.2. The van der Waals surface area contributed by atoms with Crippen LogP contribution in [0.25, 0.3) is 0 Å². The number of aromatic nitrogens is 2. The maximum Gasteiger partial charge on any atom is 0.274 e. The van der Waals surface area contributed by atoms with Crippen molar-refractivity contribution in [2.24, 2.45) is 11.8 Å². The van der Waals surface area contributed by atoms with E-state index in [1.165, 1.54) is 18.6 Å². The van der Waals surface area contributed by atoms with Crippen LogP contribution in [0, 0.1) is 11.8 Å². The summed E-state index contributed by atoms with van der Waals surface area (Å²) >= 11 is 0. The summed E-state index contributed by atoms with van der Waals surface area (Å²) in [5, 5.41) is 0. The quantitative estimate of drug-likeness (QED) is 0.793. The third kappa shape index (κ3) is 3.85. The van der Waals surface area contributed by atoms with E-state index in [9.17, 15) is 13.2 Å². The van der Waals surface area contributed by atoms with Gasteiger partial charge in [0.15, 0.2) is 0 Å². The van der Waals surface area contributed by atoms with Crippen LogP contribution in [0.1, 0.15) is 16.9 Å². The molecule has 0 aliphatic carbocycles. The van der Waals surface area contributed by atoms with Gasteiger partial charge in [-0.15, -0.1) is 0 Å². The van der Waals surface area contributed by atoms with Gasteiger partial charge >= 0.3 is 0 Å². The molecule has 3 heterocycles. The van der Waals surface area contributed by atoms with E-state index in [0.717, 1.165) is 12.7 Å². The lowest BCUT2D eigenvalue weighted by Gasteiger charge is -2.35. The Kier molecular flexibility index (Phi) is 4.60. The summed E-state index contributed by atoms with van der Waals surface area (Å²) in [6, 6.07) is 0. The van der Waals surface area contributed by atoms with E-state index in [1.807, 2.05) is 0 Å². The fraction of sp³-hybridized carbons (Fsp3) is 0.643. The van der Waals surface area contributed by atoms with Gasteiger partial charge in [-0.05, 0) is 12.3 Å². The van der Waals surface area contributed by atoms with Crippen LogP contribution in [0.4, 0.5) is 0 Å². The molecule has 1 amide bonds. The van der Waals surface area contributed by atoms with Crippen LogP contribution in [-0.4, -0.2) is 67.8 Å². The lowest BCUT2D eigenvalue weighted by molar-refractivity contribution is 0.0557. The van der Waals surface area contributed by atoms with Crippen LogP contribution >= 0.6 is 0 Å². The number of hydrogen-bond acceptors (Lipinski definition) is 6. The molecular weight excluding hydrogens is 320 g/mol. The molecule has 8 nitrogen and oxygen atoms in total. The Morgan fingerprint density at radius 3 is 3.00 bits per heavy atom. The summed E-state index contributed by atoms with van der Waals surface area (Å²) in [5.74, 6) is 0.365. The van der Waals surface area contributed by atoms with Crippen molar-refractivity contribution in [1.82, 2.24) is 19.6 Å².